The molecule has 0 spiro atoms. The van der Waals surface area contributed by atoms with Crippen molar-refractivity contribution >= 4 is 22.6 Å². The maximum atomic E-state index is 3.67. The Hall–Kier alpha value is 0.690. The summed E-state index contributed by atoms with van der Waals surface area (Å²) in [5.74, 6) is 3.33. The summed E-state index contributed by atoms with van der Waals surface area (Å²) >= 11 is 2.66. The standard InChI is InChI=1S/C8H10IN/c1-8-4-2-5(9)3(4)7(8)10-6(2)8/h2-7,10H,1H3. The van der Waals surface area contributed by atoms with Crippen LogP contribution in [0.25, 0.3) is 0 Å². The van der Waals surface area contributed by atoms with Gasteiger partial charge in [-0.1, -0.05) is 29.5 Å². The molecule has 4 fully saturated rings. The molecule has 1 heterocycles. The number of halogens is 1. The zero-order chi connectivity index (χ0) is 6.67. The number of alkyl halides is 1. The molecule has 1 nitrogen and oxygen atoms in total. The smallest absolute Gasteiger partial charge is 0.0202 e. The minimum atomic E-state index is 0.803. The largest absolute Gasteiger partial charge is 0.309 e. The van der Waals surface area contributed by atoms with E-state index < -0.39 is 0 Å². The van der Waals surface area contributed by atoms with Crippen molar-refractivity contribution in [1.29, 1.82) is 0 Å². The van der Waals surface area contributed by atoms with Crippen molar-refractivity contribution in [3.05, 3.63) is 0 Å². The Morgan fingerprint density at radius 2 is 1.90 bits per heavy atom. The summed E-state index contributed by atoms with van der Waals surface area (Å²) in [6, 6.07) is 1.88. The topological polar surface area (TPSA) is 12.0 Å². The first kappa shape index (κ1) is 5.36. The molecule has 0 bridgehead atoms. The van der Waals surface area contributed by atoms with Gasteiger partial charge < -0.3 is 5.32 Å². The van der Waals surface area contributed by atoms with Gasteiger partial charge in [-0.2, -0.15) is 0 Å². The van der Waals surface area contributed by atoms with Gasteiger partial charge in [0, 0.05) is 21.4 Å². The van der Waals surface area contributed by atoms with Crippen molar-refractivity contribution in [2.45, 2.75) is 22.9 Å². The number of fused-ring (bicyclic) bond motifs is 2. The van der Waals surface area contributed by atoms with E-state index in [1.807, 2.05) is 0 Å². The van der Waals surface area contributed by atoms with Gasteiger partial charge in [-0.3, -0.25) is 0 Å². The monoisotopic (exact) mass is 247 g/mol. The molecule has 0 aromatic carbocycles. The SMILES string of the molecule is CC12C3NC1C1C(I)C3C12. The summed E-state index contributed by atoms with van der Waals surface area (Å²) in [5.41, 5.74) is 0.803. The maximum absolute atomic E-state index is 3.67. The Kier molecular flexibility index (Phi) is 0.594. The van der Waals surface area contributed by atoms with Gasteiger partial charge in [0.15, 0.2) is 0 Å². The fourth-order valence-corrected chi connectivity index (χ4v) is 5.98. The summed E-state index contributed by atoms with van der Waals surface area (Å²) in [6.45, 7) is 2.49. The normalized spacial score (nSPS) is 87.0. The minimum absolute atomic E-state index is 0.803. The molecule has 4 aliphatic rings. The van der Waals surface area contributed by atoms with Gasteiger partial charge in [0.2, 0.25) is 0 Å². The van der Waals surface area contributed by atoms with Gasteiger partial charge in [-0.05, 0) is 17.8 Å². The van der Waals surface area contributed by atoms with Crippen LogP contribution in [-0.2, 0) is 0 Å². The van der Waals surface area contributed by atoms with Gasteiger partial charge in [-0.15, -0.1) is 0 Å². The maximum Gasteiger partial charge on any atom is 0.0202 e. The van der Waals surface area contributed by atoms with E-state index in [0.717, 1.165) is 39.2 Å². The third kappa shape index (κ3) is 0.236. The van der Waals surface area contributed by atoms with E-state index in [9.17, 15) is 0 Å². The van der Waals surface area contributed by atoms with E-state index in [-0.39, 0.29) is 0 Å². The van der Waals surface area contributed by atoms with E-state index in [4.69, 9.17) is 0 Å². The molecule has 3 saturated carbocycles. The molecule has 4 atom stereocenters. The summed E-state index contributed by atoms with van der Waals surface area (Å²) in [6.07, 6.45) is 0. The van der Waals surface area contributed by atoms with Crippen LogP contribution >= 0.6 is 22.6 Å². The van der Waals surface area contributed by atoms with Crippen LogP contribution in [0.4, 0.5) is 0 Å². The first-order valence-electron chi connectivity index (χ1n) is 4.16. The van der Waals surface area contributed by atoms with Gasteiger partial charge in [-0.25, -0.2) is 0 Å². The third-order valence-electron chi connectivity index (χ3n) is 4.75. The summed E-state index contributed by atoms with van der Waals surface area (Å²) in [5, 5.41) is 3.67. The molecule has 4 unspecified atom stereocenters. The molecule has 0 aromatic heterocycles. The molecule has 2 heteroatoms. The van der Waals surface area contributed by atoms with Crippen molar-refractivity contribution in [3.63, 3.8) is 0 Å². The molecule has 54 valence electrons. The van der Waals surface area contributed by atoms with Crippen molar-refractivity contribution in [2.24, 2.45) is 23.2 Å². The lowest BCUT2D eigenvalue weighted by Crippen LogP contribution is -3.02. The fourth-order valence-electron chi connectivity index (χ4n) is 4.25. The number of hydrogen-bond acceptors (Lipinski definition) is 1. The first-order valence-corrected chi connectivity index (χ1v) is 5.41. The van der Waals surface area contributed by atoms with Crippen LogP contribution in [-0.4, -0.2) is 16.0 Å². The highest BCUT2D eigenvalue weighted by molar-refractivity contribution is 14.1. The van der Waals surface area contributed by atoms with Gasteiger partial charge in [0.05, 0.1) is 0 Å². The van der Waals surface area contributed by atoms with Crippen molar-refractivity contribution in [1.82, 2.24) is 5.32 Å². The van der Waals surface area contributed by atoms with Crippen LogP contribution in [0.5, 0.6) is 0 Å². The number of nitrogens with one attached hydrogen (secondary N) is 1. The van der Waals surface area contributed by atoms with Gasteiger partial charge in [0.1, 0.15) is 0 Å². The number of rotatable bonds is 0. The van der Waals surface area contributed by atoms with E-state index in [1.54, 1.807) is 0 Å². The Labute approximate surface area is 74.1 Å². The highest BCUT2D eigenvalue weighted by Gasteiger charge is 2.89. The molecule has 1 saturated heterocycles. The van der Waals surface area contributed by atoms with Gasteiger partial charge >= 0.3 is 0 Å². The molecule has 1 N–H and O–H groups in total. The van der Waals surface area contributed by atoms with Crippen molar-refractivity contribution in [3.8, 4) is 0 Å². The van der Waals surface area contributed by atoms with Crippen molar-refractivity contribution in [2.75, 3.05) is 0 Å². The average Bonchev–Trinajstić information content (AvgIpc) is 2.00. The lowest BCUT2D eigenvalue weighted by atomic mass is 9.21. The Balaban J connectivity index is 1.88. The molecule has 10 heavy (non-hydrogen) atoms. The molecular formula is C8H10IN. The van der Waals surface area contributed by atoms with E-state index >= 15 is 0 Å². The minimum Gasteiger partial charge on any atom is -0.309 e. The second kappa shape index (κ2) is 1.11. The Morgan fingerprint density at radius 1 is 1.30 bits per heavy atom. The van der Waals surface area contributed by atoms with E-state index in [2.05, 4.69) is 34.8 Å². The zero-order valence-electron chi connectivity index (χ0n) is 5.84. The van der Waals surface area contributed by atoms with Crippen molar-refractivity contribution < 1.29 is 0 Å². The van der Waals surface area contributed by atoms with Crippen LogP contribution in [0.1, 0.15) is 6.92 Å². The molecule has 1 aliphatic heterocycles. The van der Waals surface area contributed by atoms with E-state index in [1.165, 1.54) is 0 Å². The molecule has 3 aliphatic carbocycles. The predicted octanol–water partition coefficient (Wildman–Crippen LogP) is 1.03. The summed E-state index contributed by atoms with van der Waals surface area (Å²) < 4.78 is 1.04. The molecule has 0 amide bonds. The lowest BCUT2D eigenvalue weighted by molar-refractivity contribution is -0.371. The summed E-state index contributed by atoms with van der Waals surface area (Å²) in [4.78, 5) is 0. The van der Waals surface area contributed by atoms with Gasteiger partial charge in [0.25, 0.3) is 0 Å². The quantitative estimate of drug-likeness (QED) is 0.498. The molecule has 4 rings (SSSR count). The second-order valence-electron chi connectivity index (χ2n) is 4.61. The fraction of sp³-hybridized carbons (Fsp3) is 1.00. The van der Waals surface area contributed by atoms with Crippen LogP contribution < -0.4 is 5.32 Å². The van der Waals surface area contributed by atoms with Crippen LogP contribution in [0, 0.1) is 23.2 Å². The highest BCUT2D eigenvalue weighted by Crippen LogP contribution is 2.83. The first-order chi connectivity index (χ1) is 4.76. The molecular weight excluding hydrogens is 237 g/mol. The molecule has 0 aromatic rings. The summed E-state index contributed by atoms with van der Waals surface area (Å²) in [7, 11) is 0. The van der Waals surface area contributed by atoms with Crippen LogP contribution in [0.15, 0.2) is 0 Å². The third-order valence-corrected chi connectivity index (χ3v) is 6.41. The highest BCUT2D eigenvalue weighted by atomic mass is 127. The molecule has 0 radical (unpaired) electrons. The van der Waals surface area contributed by atoms with E-state index in [0.29, 0.717) is 0 Å². The number of piperidine rings is 4. The van der Waals surface area contributed by atoms with Crippen LogP contribution in [0.3, 0.4) is 0 Å². The second-order valence-corrected chi connectivity index (χ2v) is 6.05. The lowest BCUT2D eigenvalue weighted by Gasteiger charge is -2.92. The predicted molar refractivity (Wildman–Crippen MR) is 47.1 cm³/mol. The number of hydrogen-bond donors (Lipinski definition) is 1. The Bertz CT molecular complexity index is 205. The Morgan fingerprint density at radius 3 is 2.20 bits per heavy atom. The van der Waals surface area contributed by atoms with Crippen LogP contribution in [0.2, 0.25) is 0 Å². The average molecular weight is 247 g/mol. The zero-order valence-corrected chi connectivity index (χ0v) is 8.00.